The highest BCUT2D eigenvalue weighted by Crippen LogP contribution is 2.39. The van der Waals surface area contributed by atoms with Crippen LogP contribution in [0.15, 0.2) is 0 Å². The summed E-state index contributed by atoms with van der Waals surface area (Å²) in [5, 5.41) is 13.9. The van der Waals surface area contributed by atoms with Gasteiger partial charge in [-0.2, -0.15) is 0 Å². The van der Waals surface area contributed by atoms with Crippen molar-refractivity contribution in [3.05, 3.63) is 0 Å². The molecule has 0 aromatic rings. The molecule has 0 aliphatic rings. The highest BCUT2D eigenvalue weighted by atomic mass is 31.1. The number of unbranched alkanes of at least 4 members (excludes halogenated alkanes) is 15. The minimum Gasteiger partial charge on any atom is -0.450 e. The fourth-order valence-electron chi connectivity index (χ4n) is 3.68. The van der Waals surface area contributed by atoms with Gasteiger partial charge < -0.3 is 10.2 Å². The number of hydrogen-bond donors (Lipinski definition) is 2. The summed E-state index contributed by atoms with van der Waals surface area (Å²) in [6.45, 7) is 6.96. The van der Waals surface area contributed by atoms with Crippen molar-refractivity contribution in [3.63, 3.8) is 0 Å². The summed E-state index contributed by atoms with van der Waals surface area (Å²) in [6.07, 6.45) is 29.4. The smallest absolute Gasteiger partial charge is 0.450 e. The molecule has 0 spiro atoms. The van der Waals surface area contributed by atoms with Gasteiger partial charge in [0.25, 0.3) is 0 Å². The van der Waals surface area contributed by atoms with Crippen LogP contribution in [0.1, 0.15) is 136 Å². The number of carboxylic acid groups (broad SMARTS) is 2. The molecule has 0 radical (unpaired) electrons. The fourth-order valence-corrected chi connectivity index (χ4v) is 6.37. The molecule has 0 aliphatic heterocycles. The lowest BCUT2D eigenvalue weighted by atomic mass is 10.1. The lowest BCUT2D eigenvalue weighted by Gasteiger charge is -2.18. The molecule has 0 aromatic carbocycles. The molecule has 0 fully saturated rings. The Labute approximate surface area is 184 Å². The molecule has 0 saturated carbocycles. The molecule has 0 amide bonds. The van der Waals surface area contributed by atoms with Crippen LogP contribution in [0.4, 0.5) is 4.79 Å². The lowest BCUT2D eigenvalue weighted by Crippen LogP contribution is -1.97. The van der Waals surface area contributed by atoms with Crippen LogP contribution in [0.25, 0.3) is 0 Å². The van der Waals surface area contributed by atoms with E-state index in [9.17, 15) is 0 Å². The molecule has 0 atom stereocenters. The largest absolute Gasteiger partial charge is 0.503 e. The van der Waals surface area contributed by atoms with Crippen LogP contribution in [-0.2, 0) is 0 Å². The van der Waals surface area contributed by atoms with Crippen molar-refractivity contribution in [2.75, 3.05) is 18.5 Å². The van der Waals surface area contributed by atoms with E-state index in [0.29, 0.717) is 7.92 Å². The van der Waals surface area contributed by atoms with Gasteiger partial charge >= 0.3 is 6.16 Å². The maximum atomic E-state index is 8.56. The van der Waals surface area contributed by atoms with E-state index in [2.05, 4.69) is 20.8 Å². The van der Waals surface area contributed by atoms with Gasteiger partial charge in [0.15, 0.2) is 0 Å². The second-order valence-corrected chi connectivity index (χ2v) is 11.1. The van der Waals surface area contributed by atoms with E-state index in [1.807, 2.05) is 0 Å². The highest BCUT2D eigenvalue weighted by molar-refractivity contribution is 7.57. The van der Waals surface area contributed by atoms with Crippen LogP contribution in [-0.4, -0.2) is 34.9 Å². The standard InChI is InChI=1S/C24H51P.CH2O3/c1-4-7-10-13-16-19-22-25(23-20-17-14-11-8-5-2)24-21-18-15-12-9-6-3;2-1(3)4/h4-24H2,1-3H3;(H2,2,3,4). The SMILES string of the molecule is CCCCCCCCP(CCCCCCCC)CCCCCCCC.O=C(O)O. The second kappa shape index (κ2) is 27.7. The first-order valence-electron chi connectivity index (χ1n) is 12.7. The predicted octanol–water partition coefficient (Wildman–Crippen LogP) is 9.77. The lowest BCUT2D eigenvalue weighted by molar-refractivity contribution is 0.137. The van der Waals surface area contributed by atoms with Crippen LogP contribution in [0.3, 0.4) is 0 Å². The fraction of sp³-hybridized carbons (Fsp3) is 0.960. The van der Waals surface area contributed by atoms with Gasteiger partial charge in [0.05, 0.1) is 0 Å². The normalized spacial score (nSPS) is 10.8. The van der Waals surface area contributed by atoms with Gasteiger partial charge in [0.1, 0.15) is 0 Å². The van der Waals surface area contributed by atoms with Gasteiger partial charge in [-0.05, 0) is 37.7 Å². The van der Waals surface area contributed by atoms with E-state index in [-0.39, 0.29) is 0 Å². The van der Waals surface area contributed by atoms with Crippen molar-refractivity contribution in [3.8, 4) is 0 Å². The minimum atomic E-state index is -1.83. The summed E-state index contributed by atoms with van der Waals surface area (Å²) in [7, 11) is 0.366. The average molecular weight is 433 g/mol. The maximum absolute atomic E-state index is 8.56. The molecule has 0 unspecified atom stereocenters. The topological polar surface area (TPSA) is 57.5 Å². The van der Waals surface area contributed by atoms with E-state index < -0.39 is 6.16 Å². The van der Waals surface area contributed by atoms with Crippen molar-refractivity contribution in [1.29, 1.82) is 0 Å². The molecule has 3 nitrogen and oxygen atoms in total. The molecule has 0 heterocycles. The molecule has 2 N–H and O–H groups in total. The van der Waals surface area contributed by atoms with Crippen LogP contribution in [0, 0.1) is 0 Å². The van der Waals surface area contributed by atoms with E-state index in [0.717, 1.165) is 0 Å². The summed E-state index contributed by atoms with van der Waals surface area (Å²) in [5.74, 6) is 0. The van der Waals surface area contributed by atoms with Crippen LogP contribution < -0.4 is 0 Å². The van der Waals surface area contributed by atoms with E-state index in [4.69, 9.17) is 15.0 Å². The Morgan fingerprint density at radius 3 is 0.931 bits per heavy atom. The summed E-state index contributed by atoms with van der Waals surface area (Å²) in [6, 6.07) is 0. The monoisotopic (exact) mass is 432 g/mol. The van der Waals surface area contributed by atoms with Crippen LogP contribution in [0.2, 0.25) is 0 Å². The Kier molecular flexibility index (Phi) is 29.5. The molecule has 176 valence electrons. The van der Waals surface area contributed by atoms with E-state index in [1.165, 1.54) is 116 Å². The van der Waals surface area contributed by atoms with Crippen molar-refractivity contribution < 1.29 is 15.0 Å². The van der Waals surface area contributed by atoms with Gasteiger partial charge in [-0.25, -0.2) is 4.79 Å². The van der Waals surface area contributed by atoms with Crippen molar-refractivity contribution in [2.45, 2.75) is 136 Å². The predicted molar refractivity (Wildman–Crippen MR) is 132 cm³/mol. The zero-order chi connectivity index (χ0) is 22.0. The number of rotatable bonds is 21. The van der Waals surface area contributed by atoms with Crippen LogP contribution >= 0.6 is 7.92 Å². The zero-order valence-corrected chi connectivity index (χ0v) is 21.0. The first kappa shape index (κ1) is 30.9. The molecule has 0 saturated heterocycles. The third kappa shape index (κ3) is 32.6. The van der Waals surface area contributed by atoms with Crippen LogP contribution in [0.5, 0.6) is 0 Å². The minimum absolute atomic E-state index is 0.366. The van der Waals surface area contributed by atoms with E-state index >= 15 is 0 Å². The van der Waals surface area contributed by atoms with E-state index in [1.54, 1.807) is 18.5 Å². The average Bonchev–Trinajstić information content (AvgIpc) is 2.68. The second-order valence-electron chi connectivity index (χ2n) is 8.43. The molecule has 0 bridgehead atoms. The summed E-state index contributed by atoms with van der Waals surface area (Å²) >= 11 is 0. The molecule has 4 heteroatoms. The van der Waals surface area contributed by atoms with Crippen molar-refractivity contribution in [2.24, 2.45) is 0 Å². The maximum Gasteiger partial charge on any atom is 0.503 e. The molecular weight excluding hydrogens is 379 g/mol. The Bertz CT molecular complexity index is 268. The quantitative estimate of drug-likeness (QED) is 0.140. The van der Waals surface area contributed by atoms with Crippen molar-refractivity contribution >= 4 is 14.1 Å². The number of carbonyl (C=O) groups is 1. The zero-order valence-electron chi connectivity index (χ0n) is 20.1. The molecular formula is C25H53O3P. The van der Waals surface area contributed by atoms with Gasteiger partial charge in [-0.15, -0.1) is 7.92 Å². The summed E-state index contributed by atoms with van der Waals surface area (Å²) < 4.78 is 0. The Morgan fingerprint density at radius 2 is 0.690 bits per heavy atom. The Morgan fingerprint density at radius 1 is 0.483 bits per heavy atom. The van der Waals surface area contributed by atoms with Gasteiger partial charge in [-0.1, -0.05) is 117 Å². The first-order chi connectivity index (χ1) is 14.1. The third-order valence-electron chi connectivity index (χ3n) is 5.48. The summed E-state index contributed by atoms with van der Waals surface area (Å²) in [5.41, 5.74) is 0. The molecule has 29 heavy (non-hydrogen) atoms. The summed E-state index contributed by atoms with van der Waals surface area (Å²) in [4.78, 5) is 8.56. The Balaban J connectivity index is 0. The first-order valence-corrected chi connectivity index (χ1v) is 14.6. The highest BCUT2D eigenvalue weighted by Gasteiger charge is 2.07. The molecule has 0 rings (SSSR count). The molecule has 0 aliphatic carbocycles. The third-order valence-corrected chi connectivity index (χ3v) is 8.33. The van der Waals surface area contributed by atoms with Crippen molar-refractivity contribution in [1.82, 2.24) is 0 Å². The van der Waals surface area contributed by atoms with Gasteiger partial charge in [0.2, 0.25) is 0 Å². The number of hydrogen-bond acceptors (Lipinski definition) is 1. The van der Waals surface area contributed by atoms with Gasteiger partial charge in [-0.3, -0.25) is 0 Å². The van der Waals surface area contributed by atoms with Gasteiger partial charge in [0, 0.05) is 0 Å². The molecule has 0 aromatic heterocycles. The Hall–Kier alpha value is -0.300.